The van der Waals surface area contributed by atoms with E-state index in [0.29, 0.717) is 24.0 Å². The summed E-state index contributed by atoms with van der Waals surface area (Å²) in [6.07, 6.45) is 0.784. The van der Waals surface area contributed by atoms with Crippen molar-refractivity contribution in [3.63, 3.8) is 0 Å². The number of amides is 1. The van der Waals surface area contributed by atoms with Crippen LogP contribution >= 0.6 is 0 Å². The molecular formula is C22H23N3O3. The van der Waals surface area contributed by atoms with Crippen molar-refractivity contribution >= 4 is 16.8 Å². The molecule has 28 heavy (non-hydrogen) atoms. The maximum Gasteiger partial charge on any atom is 0.329 e. The van der Waals surface area contributed by atoms with E-state index in [1.165, 1.54) is 15.7 Å². The number of aromatic amines is 1. The van der Waals surface area contributed by atoms with Gasteiger partial charge in [0.2, 0.25) is 5.91 Å². The summed E-state index contributed by atoms with van der Waals surface area (Å²) >= 11 is 0. The molecule has 0 saturated carbocycles. The van der Waals surface area contributed by atoms with E-state index in [0.717, 1.165) is 6.42 Å². The second kappa shape index (κ2) is 6.78. The first-order valence-electron chi connectivity index (χ1n) is 9.45. The summed E-state index contributed by atoms with van der Waals surface area (Å²) in [5.74, 6) is -0.125. The number of fused-ring (bicyclic) bond motifs is 2. The lowest BCUT2D eigenvalue weighted by molar-refractivity contribution is -0.132. The number of hydrogen-bond acceptors (Lipinski definition) is 3. The third-order valence-corrected chi connectivity index (χ3v) is 5.53. The molecule has 1 aliphatic heterocycles. The van der Waals surface area contributed by atoms with Crippen molar-refractivity contribution < 1.29 is 4.79 Å². The van der Waals surface area contributed by atoms with Gasteiger partial charge in [-0.25, -0.2) is 4.79 Å². The summed E-state index contributed by atoms with van der Waals surface area (Å²) in [5, 5.41) is 0.401. The number of hydrogen-bond donors (Lipinski definition) is 1. The van der Waals surface area contributed by atoms with Gasteiger partial charge in [0.1, 0.15) is 6.54 Å². The minimum Gasteiger partial charge on any atom is -0.340 e. The topological polar surface area (TPSA) is 75.2 Å². The zero-order valence-electron chi connectivity index (χ0n) is 16.1. The highest BCUT2D eigenvalue weighted by Gasteiger charge is 2.31. The van der Waals surface area contributed by atoms with Gasteiger partial charge in [-0.1, -0.05) is 50.2 Å². The second-order valence-electron chi connectivity index (χ2n) is 7.97. The van der Waals surface area contributed by atoms with Gasteiger partial charge < -0.3 is 4.90 Å². The lowest BCUT2D eigenvalue weighted by atomic mass is 9.82. The van der Waals surface area contributed by atoms with Crippen LogP contribution in [0.5, 0.6) is 0 Å². The highest BCUT2D eigenvalue weighted by Crippen LogP contribution is 2.30. The fourth-order valence-electron chi connectivity index (χ4n) is 4.14. The van der Waals surface area contributed by atoms with Gasteiger partial charge in [0.25, 0.3) is 5.56 Å². The average molecular weight is 377 g/mol. The molecule has 0 fully saturated rings. The van der Waals surface area contributed by atoms with Gasteiger partial charge in [-0.3, -0.25) is 19.1 Å². The Morgan fingerprint density at radius 2 is 1.79 bits per heavy atom. The molecule has 144 valence electrons. The van der Waals surface area contributed by atoms with E-state index in [1.807, 2.05) is 17.0 Å². The Labute approximate surface area is 162 Å². The van der Waals surface area contributed by atoms with Gasteiger partial charge in [0, 0.05) is 18.5 Å². The van der Waals surface area contributed by atoms with E-state index in [9.17, 15) is 14.4 Å². The van der Waals surface area contributed by atoms with Crippen LogP contribution in [0, 0.1) is 0 Å². The number of H-pyrrole nitrogens is 1. The monoisotopic (exact) mass is 377 g/mol. The third kappa shape index (κ3) is 3.15. The van der Waals surface area contributed by atoms with Gasteiger partial charge in [-0.05, 0) is 29.7 Å². The van der Waals surface area contributed by atoms with Gasteiger partial charge in [0.05, 0.1) is 10.9 Å². The summed E-state index contributed by atoms with van der Waals surface area (Å²) in [4.78, 5) is 41.7. The molecular weight excluding hydrogens is 354 g/mol. The number of aromatic nitrogens is 2. The molecule has 0 spiro atoms. The number of para-hydroxylation sites is 1. The van der Waals surface area contributed by atoms with E-state index >= 15 is 0 Å². The van der Waals surface area contributed by atoms with Gasteiger partial charge in [-0.2, -0.15) is 0 Å². The molecule has 1 amide bonds. The van der Waals surface area contributed by atoms with Crippen molar-refractivity contribution in [3.8, 4) is 0 Å². The molecule has 0 saturated heterocycles. The Bertz CT molecular complexity index is 1170. The summed E-state index contributed by atoms with van der Waals surface area (Å²) in [6.45, 7) is 5.37. The van der Waals surface area contributed by atoms with Gasteiger partial charge in [-0.15, -0.1) is 0 Å². The normalized spacial score (nSPS) is 15.9. The number of nitrogens with one attached hydrogen (secondary N) is 1. The fourth-order valence-corrected chi connectivity index (χ4v) is 4.14. The Hall–Kier alpha value is -3.15. The van der Waals surface area contributed by atoms with Crippen LogP contribution in [0.1, 0.15) is 25.0 Å². The number of carbonyl (C=O) groups excluding carboxylic acids is 1. The van der Waals surface area contributed by atoms with Crippen LogP contribution in [0.2, 0.25) is 0 Å². The predicted molar refractivity (Wildman–Crippen MR) is 109 cm³/mol. The van der Waals surface area contributed by atoms with Crippen molar-refractivity contribution in [3.05, 3.63) is 80.5 Å². The maximum atomic E-state index is 13.1. The summed E-state index contributed by atoms with van der Waals surface area (Å²) < 4.78 is 1.35. The Kier molecular flexibility index (Phi) is 4.41. The van der Waals surface area contributed by atoms with Gasteiger partial charge >= 0.3 is 5.69 Å². The fraction of sp³-hybridized carbons (Fsp3) is 0.318. The molecule has 6 heteroatoms. The van der Waals surface area contributed by atoms with Crippen LogP contribution in [0.25, 0.3) is 10.9 Å². The van der Waals surface area contributed by atoms with Crippen molar-refractivity contribution in [2.45, 2.75) is 32.2 Å². The van der Waals surface area contributed by atoms with E-state index < -0.39 is 11.2 Å². The molecule has 6 nitrogen and oxygen atoms in total. The molecule has 1 aromatic heterocycles. The first-order valence-corrected chi connectivity index (χ1v) is 9.45. The zero-order chi connectivity index (χ0) is 19.9. The summed E-state index contributed by atoms with van der Waals surface area (Å²) in [6, 6.07) is 15.1. The molecule has 2 heterocycles. The van der Waals surface area contributed by atoms with Crippen LogP contribution in [-0.4, -0.2) is 33.4 Å². The lowest BCUT2D eigenvalue weighted by Crippen LogP contribution is -2.43. The molecule has 0 atom stereocenters. The largest absolute Gasteiger partial charge is 0.340 e. The van der Waals surface area contributed by atoms with Crippen LogP contribution < -0.4 is 11.2 Å². The first kappa shape index (κ1) is 18.2. The van der Waals surface area contributed by atoms with E-state index in [4.69, 9.17) is 0 Å². The average Bonchev–Trinajstić information content (AvgIpc) is 2.81. The Balaban J connectivity index is 1.66. The highest BCUT2D eigenvalue weighted by atomic mass is 16.2. The standard InChI is InChI=1S/C22H23N3O3/c1-22(2)14-24(12-11-15-7-3-5-9-17(15)22)19(26)13-25-18-10-6-4-8-16(18)20(27)23-21(25)28/h3-10H,11-14H2,1-2H3,(H,23,27,28). The molecule has 4 rings (SSSR count). The third-order valence-electron chi connectivity index (χ3n) is 5.53. The van der Waals surface area contributed by atoms with Crippen molar-refractivity contribution in [2.75, 3.05) is 13.1 Å². The molecule has 0 bridgehead atoms. The first-order chi connectivity index (χ1) is 13.4. The molecule has 1 N–H and O–H groups in total. The Morgan fingerprint density at radius 3 is 2.61 bits per heavy atom. The van der Waals surface area contributed by atoms with E-state index in [-0.39, 0.29) is 17.9 Å². The molecule has 1 aliphatic rings. The molecule has 2 aromatic carbocycles. The number of rotatable bonds is 2. The van der Waals surface area contributed by atoms with Crippen LogP contribution in [-0.2, 0) is 23.2 Å². The quantitative estimate of drug-likeness (QED) is 0.743. The number of nitrogens with zero attached hydrogens (tertiary/aromatic N) is 2. The lowest BCUT2D eigenvalue weighted by Gasteiger charge is -2.31. The Morgan fingerprint density at radius 1 is 1.07 bits per heavy atom. The number of benzene rings is 2. The van der Waals surface area contributed by atoms with Crippen LogP contribution in [0.3, 0.4) is 0 Å². The maximum absolute atomic E-state index is 13.1. The smallest absolute Gasteiger partial charge is 0.329 e. The molecule has 3 aromatic rings. The van der Waals surface area contributed by atoms with Crippen molar-refractivity contribution in [1.82, 2.24) is 14.5 Å². The minimum absolute atomic E-state index is 0.0947. The SMILES string of the molecule is CC1(C)CN(C(=O)Cn2c(=O)[nH]c(=O)c3ccccc32)CCc2ccccc21. The molecule has 0 unspecified atom stereocenters. The van der Waals surface area contributed by atoms with Gasteiger partial charge in [0.15, 0.2) is 0 Å². The van der Waals surface area contributed by atoms with Crippen LogP contribution in [0.15, 0.2) is 58.1 Å². The van der Waals surface area contributed by atoms with Crippen molar-refractivity contribution in [1.29, 1.82) is 0 Å². The summed E-state index contributed by atoms with van der Waals surface area (Å²) in [7, 11) is 0. The zero-order valence-corrected chi connectivity index (χ0v) is 16.1. The molecule has 0 radical (unpaired) electrons. The van der Waals surface area contributed by atoms with Crippen molar-refractivity contribution in [2.24, 2.45) is 0 Å². The highest BCUT2D eigenvalue weighted by molar-refractivity contribution is 5.81. The van der Waals surface area contributed by atoms with Crippen LogP contribution in [0.4, 0.5) is 0 Å². The number of carbonyl (C=O) groups is 1. The second-order valence-corrected chi connectivity index (χ2v) is 7.97. The van der Waals surface area contributed by atoms with E-state index in [2.05, 4.69) is 31.0 Å². The summed E-state index contributed by atoms with van der Waals surface area (Å²) in [5.41, 5.74) is 1.82. The van der Waals surface area contributed by atoms with E-state index in [1.54, 1.807) is 24.3 Å². The molecule has 0 aliphatic carbocycles. The minimum atomic E-state index is -0.561. The predicted octanol–water partition coefficient (Wildman–Crippen LogP) is 2.05.